The Balaban J connectivity index is 1.25. The third-order valence-corrected chi connectivity index (χ3v) is 10.2. The van der Waals surface area contributed by atoms with Crippen LogP contribution in [0.25, 0.3) is 32.9 Å². The zero-order valence-corrected chi connectivity index (χ0v) is 23.6. The lowest BCUT2D eigenvalue weighted by Gasteiger charge is -2.34. The number of halogens is 3. The summed E-state index contributed by atoms with van der Waals surface area (Å²) in [5.74, 6) is 0.272. The molecule has 2 aromatic heterocycles. The van der Waals surface area contributed by atoms with Gasteiger partial charge in [0.15, 0.2) is 5.82 Å². The summed E-state index contributed by atoms with van der Waals surface area (Å²) < 4.78 is 37.2. The lowest BCUT2D eigenvalue weighted by Crippen LogP contribution is -2.43. The molecule has 2 N–H and O–H groups in total. The number of phenolic OH excluding ortho intramolecular Hbond substituents is 1. The zero-order chi connectivity index (χ0) is 28.7. The summed E-state index contributed by atoms with van der Waals surface area (Å²) >= 11 is 6.54. The van der Waals surface area contributed by atoms with Gasteiger partial charge in [-0.1, -0.05) is 23.7 Å². The van der Waals surface area contributed by atoms with E-state index in [1.54, 1.807) is 30.5 Å². The molecule has 3 saturated heterocycles. The van der Waals surface area contributed by atoms with Gasteiger partial charge in [0.05, 0.1) is 17.0 Å². The molecule has 42 heavy (non-hydrogen) atoms. The molecule has 218 valence electrons. The third-order valence-electron chi connectivity index (χ3n) is 9.87. The fourth-order valence-electron chi connectivity index (χ4n) is 7.76. The smallest absolute Gasteiger partial charge is 0.319 e. The van der Waals surface area contributed by atoms with Gasteiger partial charge in [0.1, 0.15) is 35.6 Å². The second-order valence-electron chi connectivity index (χ2n) is 12.3. The summed E-state index contributed by atoms with van der Waals surface area (Å²) in [4.78, 5) is 18.0. The number of pyridine rings is 1. The van der Waals surface area contributed by atoms with Crippen molar-refractivity contribution in [1.29, 1.82) is 0 Å². The highest BCUT2D eigenvalue weighted by Crippen LogP contribution is 2.45. The van der Waals surface area contributed by atoms with Gasteiger partial charge in [-0.3, -0.25) is 9.88 Å². The number of aliphatic hydroxyl groups is 1. The molecule has 11 heteroatoms. The average Bonchev–Trinajstić information content (AvgIpc) is 3.61. The number of ether oxygens (including phenoxy) is 1. The number of benzene rings is 2. The zero-order valence-electron chi connectivity index (χ0n) is 22.8. The van der Waals surface area contributed by atoms with E-state index < -0.39 is 17.5 Å². The molecule has 0 bridgehead atoms. The monoisotopic (exact) mass is 593 g/mol. The molecule has 1 aliphatic carbocycles. The van der Waals surface area contributed by atoms with Gasteiger partial charge in [0, 0.05) is 54.1 Å². The van der Waals surface area contributed by atoms with Crippen LogP contribution in [0.4, 0.5) is 14.6 Å². The van der Waals surface area contributed by atoms with Crippen LogP contribution in [0.15, 0.2) is 36.5 Å². The maximum atomic E-state index is 16.6. The van der Waals surface area contributed by atoms with E-state index in [4.69, 9.17) is 21.3 Å². The summed E-state index contributed by atoms with van der Waals surface area (Å²) in [6.07, 6.45) is 3.24. The topological polar surface area (TPSA) is 94.8 Å². The summed E-state index contributed by atoms with van der Waals surface area (Å²) in [6, 6.07) is 8.32. The number of alkyl halides is 1. The third kappa shape index (κ3) is 4.02. The van der Waals surface area contributed by atoms with Gasteiger partial charge >= 0.3 is 6.01 Å². The second kappa shape index (κ2) is 9.59. The quantitative estimate of drug-likeness (QED) is 0.330. The Kier molecular flexibility index (Phi) is 6.00. The maximum absolute atomic E-state index is 16.6. The first-order chi connectivity index (χ1) is 20.3. The van der Waals surface area contributed by atoms with Crippen LogP contribution >= 0.6 is 11.6 Å². The van der Waals surface area contributed by atoms with E-state index in [0.29, 0.717) is 64.5 Å². The number of rotatable bonds is 5. The molecule has 1 unspecified atom stereocenters. The van der Waals surface area contributed by atoms with E-state index in [1.807, 2.05) is 0 Å². The van der Waals surface area contributed by atoms with Crippen LogP contribution in [0.2, 0.25) is 5.02 Å². The number of fused-ring (bicyclic) bond motifs is 4. The minimum atomic E-state index is -0.900. The lowest BCUT2D eigenvalue weighted by molar-refractivity contribution is -0.00399. The summed E-state index contributed by atoms with van der Waals surface area (Å²) in [7, 11) is 0. The van der Waals surface area contributed by atoms with Crippen LogP contribution in [0, 0.1) is 17.7 Å². The number of aromatic nitrogens is 3. The summed E-state index contributed by atoms with van der Waals surface area (Å²) in [6.45, 7) is 2.72. The first-order valence-electron chi connectivity index (χ1n) is 14.5. The molecule has 0 radical (unpaired) electrons. The van der Waals surface area contributed by atoms with Gasteiger partial charge < -0.3 is 19.8 Å². The molecule has 8 rings (SSSR count). The Morgan fingerprint density at radius 2 is 2.05 bits per heavy atom. The normalized spacial score (nSPS) is 28.8. The number of aromatic hydroxyl groups is 1. The number of hydrogen-bond acceptors (Lipinski definition) is 8. The van der Waals surface area contributed by atoms with Crippen molar-refractivity contribution in [1.82, 2.24) is 19.9 Å². The van der Waals surface area contributed by atoms with Crippen LogP contribution in [-0.4, -0.2) is 80.7 Å². The van der Waals surface area contributed by atoms with Crippen LogP contribution in [0.1, 0.15) is 25.7 Å². The number of hydrogen-bond donors (Lipinski definition) is 2. The van der Waals surface area contributed by atoms with Crippen molar-refractivity contribution in [2.24, 2.45) is 11.8 Å². The van der Waals surface area contributed by atoms with E-state index in [-0.39, 0.29) is 41.6 Å². The number of phenols is 1. The molecule has 5 heterocycles. The molecule has 0 spiro atoms. The van der Waals surface area contributed by atoms with Crippen molar-refractivity contribution >= 4 is 39.1 Å². The minimum Gasteiger partial charge on any atom is -0.508 e. The highest BCUT2D eigenvalue weighted by molar-refractivity contribution is 6.36. The number of anilines is 1. The Morgan fingerprint density at radius 1 is 1.17 bits per heavy atom. The van der Waals surface area contributed by atoms with Crippen LogP contribution in [-0.2, 0) is 0 Å². The van der Waals surface area contributed by atoms with E-state index >= 15 is 4.39 Å². The highest BCUT2D eigenvalue weighted by atomic mass is 35.5. The minimum absolute atomic E-state index is 0.000592. The Hall–Kier alpha value is -3.34. The lowest BCUT2D eigenvalue weighted by atomic mass is 9.74. The van der Waals surface area contributed by atoms with Gasteiger partial charge in [-0.2, -0.15) is 9.97 Å². The van der Waals surface area contributed by atoms with Gasteiger partial charge in [-0.15, -0.1) is 0 Å². The number of nitrogens with zero attached hydrogens (tertiary/aromatic N) is 5. The molecule has 4 aromatic rings. The molecule has 1 saturated carbocycles. The molecule has 5 atom stereocenters. The molecule has 8 nitrogen and oxygen atoms in total. The van der Waals surface area contributed by atoms with Crippen molar-refractivity contribution in [3.8, 4) is 23.0 Å². The van der Waals surface area contributed by atoms with E-state index in [9.17, 15) is 14.6 Å². The first-order valence-corrected chi connectivity index (χ1v) is 14.9. The Morgan fingerprint density at radius 3 is 2.88 bits per heavy atom. The van der Waals surface area contributed by atoms with Crippen molar-refractivity contribution in [3.63, 3.8) is 0 Å². The standard InChI is InChI=1S/C31H30ClF2N5O3/c32-23-4-1-3-16-7-19(40)9-20(25(16)23)27-26(34)28-21(11-35-27)29(38-12-17-8-24(41)22(17)14-38)37-30(36-28)42-15-31-5-2-6-39(31)13-18(33)10-31/h1,3-4,7,9,11,17-18,22,24,40-41H,2,5-6,8,10,12-15H2/t17-,18?,22+,24-,31-/m0/s1. The van der Waals surface area contributed by atoms with Crippen LogP contribution < -0.4 is 9.64 Å². The molecular formula is C31H30ClF2N5O3. The average molecular weight is 594 g/mol. The van der Waals surface area contributed by atoms with Gasteiger partial charge in [0.25, 0.3) is 0 Å². The second-order valence-corrected chi connectivity index (χ2v) is 12.7. The van der Waals surface area contributed by atoms with Gasteiger partial charge in [-0.05, 0) is 55.3 Å². The molecule has 4 aliphatic rings. The molecular weight excluding hydrogens is 564 g/mol. The molecule has 3 aliphatic heterocycles. The highest BCUT2D eigenvalue weighted by Gasteiger charge is 2.50. The molecule has 0 amide bonds. The predicted octanol–water partition coefficient (Wildman–Crippen LogP) is 5.12. The van der Waals surface area contributed by atoms with Gasteiger partial charge in [0.2, 0.25) is 0 Å². The first kappa shape index (κ1) is 26.3. The summed E-state index contributed by atoms with van der Waals surface area (Å²) in [5.41, 5.74) is -0.0200. The van der Waals surface area contributed by atoms with Crippen molar-refractivity contribution in [2.75, 3.05) is 37.7 Å². The van der Waals surface area contributed by atoms with Crippen molar-refractivity contribution in [2.45, 2.75) is 43.5 Å². The van der Waals surface area contributed by atoms with E-state index in [0.717, 1.165) is 25.8 Å². The number of aliphatic hydroxyl groups excluding tert-OH is 1. The predicted molar refractivity (Wildman–Crippen MR) is 155 cm³/mol. The SMILES string of the molecule is Oc1cc(-c2ncc3c(N4C[C@@H]5C[C@H](O)[C@@H]5C4)nc(OC[C@@]45CCCN4CC(F)C5)nc3c2F)c2c(Cl)cccc2c1. The largest absolute Gasteiger partial charge is 0.508 e. The fourth-order valence-corrected chi connectivity index (χ4v) is 8.04. The van der Waals surface area contributed by atoms with Crippen molar-refractivity contribution < 1.29 is 23.7 Å². The van der Waals surface area contributed by atoms with E-state index in [2.05, 4.69) is 19.8 Å². The maximum Gasteiger partial charge on any atom is 0.319 e. The van der Waals surface area contributed by atoms with Crippen LogP contribution in [0.3, 0.4) is 0 Å². The molecule has 4 fully saturated rings. The Bertz CT molecular complexity index is 1740. The van der Waals surface area contributed by atoms with Gasteiger partial charge in [-0.25, -0.2) is 8.78 Å². The summed E-state index contributed by atoms with van der Waals surface area (Å²) in [5, 5.41) is 22.8. The van der Waals surface area contributed by atoms with Crippen molar-refractivity contribution in [3.05, 3.63) is 47.4 Å². The van der Waals surface area contributed by atoms with Crippen LogP contribution in [0.5, 0.6) is 11.8 Å². The van der Waals surface area contributed by atoms with E-state index in [1.165, 1.54) is 6.07 Å². The molecule has 2 aromatic carbocycles. The fraction of sp³-hybridized carbons (Fsp3) is 0.452. The Labute approximate surface area is 245 Å².